The summed E-state index contributed by atoms with van der Waals surface area (Å²) in [5.74, 6) is 0. The van der Waals surface area contributed by atoms with E-state index < -0.39 is 0 Å². The molecule has 3 heteroatoms. The van der Waals surface area contributed by atoms with Gasteiger partial charge in [-0.15, -0.1) is 0 Å². The zero-order chi connectivity index (χ0) is 18.8. The summed E-state index contributed by atoms with van der Waals surface area (Å²) in [6.45, 7) is 0. The molecule has 0 bridgehead atoms. The second-order valence-electron chi connectivity index (χ2n) is 7.44. The van der Waals surface area contributed by atoms with E-state index in [1.165, 1.54) is 27.4 Å². The summed E-state index contributed by atoms with van der Waals surface area (Å²) in [6.07, 6.45) is 20.2. The largest absolute Gasteiger partial charge is 0.347 e. The van der Waals surface area contributed by atoms with Gasteiger partial charge < -0.3 is 9.80 Å². The number of nitrogens with one attached hydrogen (secondary N) is 1. The second kappa shape index (κ2) is 7.37. The van der Waals surface area contributed by atoms with Gasteiger partial charge in [0.1, 0.15) is 6.04 Å². The Balaban J connectivity index is 1.48. The van der Waals surface area contributed by atoms with Crippen LogP contribution in [0.2, 0.25) is 0 Å². The Bertz CT molecular complexity index is 918. The van der Waals surface area contributed by atoms with Gasteiger partial charge in [0.05, 0.1) is 19.8 Å². The van der Waals surface area contributed by atoms with E-state index >= 15 is 0 Å². The number of fused-ring (bicyclic) bond motifs is 1. The molecule has 4 rings (SSSR count). The van der Waals surface area contributed by atoms with Gasteiger partial charge in [0.25, 0.3) is 0 Å². The molecule has 0 atom stereocenters. The van der Waals surface area contributed by atoms with Gasteiger partial charge >= 0.3 is 0 Å². The lowest BCUT2D eigenvalue weighted by Gasteiger charge is -2.17. The molecule has 1 aliphatic heterocycles. The lowest BCUT2D eigenvalue weighted by molar-refractivity contribution is -0.871. The number of para-hydroxylation sites is 1. The van der Waals surface area contributed by atoms with Crippen LogP contribution < -0.4 is 9.80 Å². The molecule has 3 aliphatic rings. The van der Waals surface area contributed by atoms with E-state index in [4.69, 9.17) is 0 Å². The van der Waals surface area contributed by atoms with E-state index in [0.717, 1.165) is 17.7 Å². The normalized spacial score (nSPS) is 20.7. The van der Waals surface area contributed by atoms with Gasteiger partial charge in [0.2, 0.25) is 0 Å². The number of likely N-dealkylation sites (N-methyl/N-ethyl adjacent to an activating group) is 2. The molecule has 1 heterocycles. The molecule has 1 aromatic rings. The summed E-state index contributed by atoms with van der Waals surface area (Å²) in [4.78, 5) is 8.34. The van der Waals surface area contributed by atoms with E-state index in [0.29, 0.717) is 6.04 Å². The first-order chi connectivity index (χ1) is 13.1. The van der Waals surface area contributed by atoms with Crippen LogP contribution in [0, 0.1) is 0 Å². The van der Waals surface area contributed by atoms with Crippen molar-refractivity contribution in [3.05, 3.63) is 101 Å². The summed E-state index contributed by atoms with van der Waals surface area (Å²) in [5.41, 5.74) is 7.41. The second-order valence-corrected chi connectivity index (χ2v) is 7.44. The maximum atomic E-state index is 4.63. The molecule has 1 N–H and O–H groups in total. The average Bonchev–Trinajstić information content (AvgIpc) is 3.04. The third-order valence-corrected chi connectivity index (χ3v) is 5.34. The number of nitrogens with zero attached hydrogens (tertiary/aromatic N) is 2. The molecule has 0 amide bonds. The Labute approximate surface area is 161 Å². The minimum Gasteiger partial charge on any atom is -0.347 e. The molecule has 0 spiro atoms. The van der Waals surface area contributed by atoms with Crippen LogP contribution in [-0.2, 0) is 6.42 Å². The van der Waals surface area contributed by atoms with Gasteiger partial charge in [-0.1, -0.05) is 42.5 Å². The Kier molecular flexibility index (Phi) is 4.78. The van der Waals surface area contributed by atoms with Crippen LogP contribution >= 0.6 is 0 Å². The highest BCUT2D eigenvalue weighted by Gasteiger charge is 2.22. The van der Waals surface area contributed by atoms with Crippen LogP contribution in [0.3, 0.4) is 0 Å². The molecule has 136 valence electrons. The highest BCUT2D eigenvalue weighted by Crippen LogP contribution is 2.35. The van der Waals surface area contributed by atoms with Gasteiger partial charge in [0.15, 0.2) is 0 Å². The van der Waals surface area contributed by atoms with Crippen molar-refractivity contribution in [1.82, 2.24) is 0 Å². The molecule has 2 aliphatic carbocycles. The third kappa shape index (κ3) is 3.64. The Morgan fingerprint density at radius 2 is 1.70 bits per heavy atom. The maximum Gasteiger partial charge on any atom is 0.125 e. The Morgan fingerprint density at radius 1 is 1.00 bits per heavy atom. The van der Waals surface area contributed by atoms with Gasteiger partial charge in [-0.05, 0) is 47.1 Å². The molecule has 0 saturated carbocycles. The molecule has 0 unspecified atom stereocenters. The first kappa shape index (κ1) is 17.5. The van der Waals surface area contributed by atoms with E-state index in [1.54, 1.807) is 0 Å². The van der Waals surface area contributed by atoms with Crippen molar-refractivity contribution in [3.63, 3.8) is 0 Å². The molecule has 27 heavy (non-hydrogen) atoms. The fourth-order valence-corrected chi connectivity index (χ4v) is 3.64. The Morgan fingerprint density at radius 3 is 2.37 bits per heavy atom. The monoisotopic (exact) mass is 356 g/mol. The number of anilines is 1. The van der Waals surface area contributed by atoms with Crippen molar-refractivity contribution in [2.24, 2.45) is 4.99 Å². The van der Waals surface area contributed by atoms with Crippen molar-refractivity contribution < 1.29 is 4.90 Å². The number of aliphatic imine (C=N–C) groups is 1. The van der Waals surface area contributed by atoms with Crippen molar-refractivity contribution in [2.45, 2.75) is 12.5 Å². The molecule has 3 nitrogen and oxygen atoms in total. The summed E-state index contributed by atoms with van der Waals surface area (Å²) >= 11 is 0. The first-order valence-corrected chi connectivity index (χ1v) is 9.47. The summed E-state index contributed by atoms with van der Waals surface area (Å²) in [5, 5.41) is 0. The predicted molar refractivity (Wildman–Crippen MR) is 114 cm³/mol. The van der Waals surface area contributed by atoms with Crippen LogP contribution in [-0.4, -0.2) is 32.9 Å². The molecule has 0 saturated heterocycles. The zero-order valence-corrected chi connectivity index (χ0v) is 16.2. The van der Waals surface area contributed by atoms with E-state index in [-0.39, 0.29) is 0 Å². The van der Waals surface area contributed by atoms with Crippen LogP contribution in [0.5, 0.6) is 0 Å². The first-order valence-electron chi connectivity index (χ1n) is 9.47. The number of benzene rings is 1. The number of hydrogen-bond acceptors (Lipinski definition) is 2. The number of hydrogen-bond donors (Lipinski definition) is 1. The maximum absolute atomic E-state index is 4.63. The highest BCUT2D eigenvalue weighted by atomic mass is 15.1. The fraction of sp³-hybridized carbons (Fsp3) is 0.208. The number of allylic oxidation sites excluding steroid dienone is 9. The molecule has 0 radical (unpaired) electrons. The minimum absolute atomic E-state index is 0.450. The highest BCUT2D eigenvalue weighted by molar-refractivity contribution is 6.06. The summed E-state index contributed by atoms with van der Waals surface area (Å²) in [6, 6.07) is 9.06. The van der Waals surface area contributed by atoms with E-state index in [9.17, 15) is 0 Å². The standard InChI is InChI=1S/C24H25N3/c1-26(2)22-14-8-18(9-15-22)17-25-21-12-10-19(11-13-21)24-16-20-6-4-5-7-23(20)27(24)3/h4-15,17,22H,16H2,1-3H3/p+1. The summed E-state index contributed by atoms with van der Waals surface area (Å²) < 4.78 is 0. The van der Waals surface area contributed by atoms with Gasteiger partial charge in [-0.2, -0.15) is 0 Å². The average molecular weight is 356 g/mol. The SMILES string of the molecule is CN1C(=C2C=CC(=NC=C3C=CC([NH+](C)C)C=C3)C=C2)Cc2ccccc21. The topological polar surface area (TPSA) is 20.0 Å². The van der Waals surface area contributed by atoms with E-state index in [2.05, 4.69) is 104 Å². The van der Waals surface area contributed by atoms with Crippen LogP contribution in [0.25, 0.3) is 0 Å². The van der Waals surface area contributed by atoms with Crippen molar-refractivity contribution in [1.29, 1.82) is 0 Å². The molecule has 0 fully saturated rings. The van der Waals surface area contributed by atoms with Crippen molar-refractivity contribution in [2.75, 3.05) is 26.0 Å². The fourth-order valence-electron chi connectivity index (χ4n) is 3.64. The third-order valence-electron chi connectivity index (χ3n) is 5.34. The van der Waals surface area contributed by atoms with Crippen molar-refractivity contribution >= 4 is 11.4 Å². The lowest BCUT2D eigenvalue weighted by atomic mass is 10.0. The van der Waals surface area contributed by atoms with Crippen LogP contribution in [0.1, 0.15) is 5.56 Å². The van der Waals surface area contributed by atoms with Crippen LogP contribution in [0.15, 0.2) is 101 Å². The quantitative estimate of drug-likeness (QED) is 0.864. The molecular weight excluding hydrogens is 330 g/mol. The molecule has 1 aromatic carbocycles. The Hall–Kier alpha value is -2.91. The molecule has 0 aromatic heterocycles. The number of rotatable bonds is 2. The summed E-state index contributed by atoms with van der Waals surface area (Å²) in [7, 11) is 6.48. The van der Waals surface area contributed by atoms with Gasteiger partial charge in [-0.3, -0.25) is 4.99 Å². The number of quaternary nitrogens is 1. The molecular formula is C24H26N3+. The van der Waals surface area contributed by atoms with Gasteiger partial charge in [0, 0.05) is 31.1 Å². The van der Waals surface area contributed by atoms with Gasteiger partial charge in [-0.25, -0.2) is 0 Å². The zero-order valence-electron chi connectivity index (χ0n) is 16.2. The predicted octanol–water partition coefficient (Wildman–Crippen LogP) is 3.02. The van der Waals surface area contributed by atoms with E-state index in [1.807, 2.05) is 6.20 Å². The minimum atomic E-state index is 0.450. The van der Waals surface area contributed by atoms with Crippen LogP contribution in [0.4, 0.5) is 5.69 Å². The van der Waals surface area contributed by atoms with Crippen molar-refractivity contribution in [3.8, 4) is 0 Å². The lowest BCUT2D eigenvalue weighted by Crippen LogP contribution is -3.09. The smallest absolute Gasteiger partial charge is 0.125 e.